The molecule has 3 N–H and O–H groups in total. The zero-order chi connectivity index (χ0) is 12.8. The maximum atomic E-state index is 9.21. The van der Waals surface area contributed by atoms with Crippen molar-refractivity contribution in [2.24, 2.45) is 21.0 Å². The van der Waals surface area contributed by atoms with Crippen molar-refractivity contribution >= 4 is 46.8 Å². The highest BCUT2D eigenvalue weighted by molar-refractivity contribution is 7.99. The van der Waals surface area contributed by atoms with E-state index < -0.39 is 5.50 Å². The predicted molar refractivity (Wildman–Crippen MR) is 75.5 cm³/mol. The van der Waals surface area contributed by atoms with E-state index in [0.717, 1.165) is 0 Å². The Hall–Kier alpha value is -0.760. The van der Waals surface area contributed by atoms with Gasteiger partial charge in [-0.25, -0.2) is 4.99 Å². The van der Waals surface area contributed by atoms with E-state index in [4.69, 9.17) is 17.3 Å². The smallest absolute Gasteiger partial charge is 0.203 e. The summed E-state index contributed by atoms with van der Waals surface area (Å²) in [6.45, 7) is 0. The molecule has 0 aliphatic rings. The normalized spacial score (nSPS) is 14.2. The molecular weight excluding hydrogens is 280 g/mol. The fourth-order valence-corrected chi connectivity index (χ4v) is 1.48. The molecule has 0 heterocycles. The van der Waals surface area contributed by atoms with E-state index in [1.54, 1.807) is 6.07 Å². The molecule has 0 saturated carbocycles. The van der Waals surface area contributed by atoms with E-state index in [9.17, 15) is 5.11 Å². The summed E-state index contributed by atoms with van der Waals surface area (Å²) in [7, 11) is 0. The van der Waals surface area contributed by atoms with Crippen LogP contribution in [0.25, 0.3) is 0 Å². The number of hydrogen-bond donors (Lipinski definition) is 3. The molecule has 0 radical (unpaired) electrons. The molecule has 92 valence electrons. The second-order valence-corrected chi connectivity index (χ2v) is 4.65. The number of phenols is 1. The van der Waals surface area contributed by atoms with Gasteiger partial charge in [-0.1, -0.05) is 11.6 Å². The van der Waals surface area contributed by atoms with Crippen molar-refractivity contribution in [3.63, 3.8) is 0 Å². The summed E-state index contributed by atoms with van der Waals surface area (Å²) in [4.78, 5) is 3.93. The van der Waals surface area contributed by atoms with Crippen molar-refractivity contribution in [1.29, 1.82) is 0 Å². The molecule has 0 amide bonds. The van der Waals surface area contributed by atoms with Crippen LogP contribution in [0.3, 0.4) is 0 Å². The number of nitrogens with zero attached hydrogens (tertiary/aromatic N) is 3. The van der Waals surface area contributed by atoms with Crippen LogP contribution in [0.4, 0.5) is 5.69 Å². The third kappa shape index (κ3) is 4.95. The minimum atomic E-state index is -0.412. The van der Waals surface area contributed by atoms with Gasteiger partial charge in [0, 0.05) is 0 Å². The largest absolute Gasteiger partial charge is 0.506 e. The van der Waals surface area contributed by atoms with Crippen molar-refractivity contribution in [2.75, 3.05) is 6.26 Å². The molecule has 0 spiro atoms. The Bertz CT molecular complexity index is 453. The molecular formula is C9H11ClN4OS2. The van der Waals surface area contributed by atoms with Crippen LogP contribution in [0.5, 0.6) is 5.75 Å². The van der Waals surface area contributed by atoms with Crippen LogP contribution in [-0.2, 0) is 0 Å². The second-order valence-electron chi connectivity index (χ2n) is 2.89. The van der Waals surface area contributed by atoms with Gasteiger partial charge in [0.15, 0.2) is 0 Å². The first-order chi connectivity index (χ1) is 8.02. The molecule has 0 saturated heterocycles. The van der Waals surface area contributed by atoms with Gasteiger partial charge in [0.2, 0.25) is 5.17 Å². The molecule has 17 heavy (non-hydrogen) atoms. The molecule has 1 unspecified atom stereocenters. The molecule has 1 atom stereocenters. The second kappa shape index (κ2) is 6.85. The number of aliphatic imine (C=N–C) groups is 1. The lowest BCUT2D eigenvalue weighted by Crippen LogP contribution is -2.12. The average molecular weight is 291 g/mol. The van der Waals surface area contributed by atoms with Gasteiger partial charge in [-0.2, -0.15) is 0 Å². The molecule has 8 heteroatoms. The van der Waals surface area contributed by atoms with Crippen LogP contribution in [0, 0.1) is 0 Å². The molecule has 0 fully saturated rings. The van der Waals surface area contributed by atoms with E-state index in [1.807, 2.05) is 6.26 Å². The monoisotopic (exact) mass is 290 g/mol. The molecule has 1 rings (SSSR count). The number of amidine groups is 1. The summed E-state index contributed by atoms with van der Waals surface area (Å²) < 4.78 is 0. The highest BCUT2D eigenvalue weighted by Gasteiger charge is 2.00. The number of rotatable bonds is 3. The number of thioether (sulfide) groups is 1. The van der Waals surface area contributed by atoms with Gasteiger partial charge in [0.1, 0.15) is 11.2 Å². The van der Waals surface area contributed by atoms with E-state index in [-0.39, 0.29) is 15.9 Å². The maximum absolute atomic E-state index is 9.21. The molecule has 0 bridgehead atoms. The van der Waals surface area contributed by atoms with Crippen LogP contribution in [0.15, 0.2) is 33.4 Å². The SMILES string of the molecule is CSC(N)/N=C(S)/N=N/c1ccc(O)c(Cl)c1. The Labute approximate surface area is 114 Å². The van der Waals surface area contributed by atoms with Crippen LogP contribution in [-0.4, -0.2) is 22.0 Å². The Morgan fingerprint density at radius 2 is 2.29 bits per heavy atom. The highest BCUT2D eigenvalue weighted by atomic mass is 35.5. The summed E-state index contributed by atoms with van der Waals surface area (Å²) in [5, 5.41) is 17.2. The molecule has 5 nitrogen and oxygen atoms in total. The van der Waals surface area contributed by atoms with Crippen molar-refractivity contribution in [2.45, 2.75) is 5.50 Å². The number of nitrogens with two attached hydrogens (primary N) is 1. The fourth-order valence-electron chi connectivity index (χ4n) is 0.853. The van der Waals surface area contributed by atoms with Crippen LogP contribution >= 0.6 is 36.0 Å². The number of aromatic hydroxyl groups is 1. The standard InChI is InChI=1S/C9H11ClN4OS2/c1-17-8(11)12-9(16)14-13-5-2-3-7(15)6(10)4-5/h2-4,8,15H,11H2,1H3,(H,12,16)/b14-13+. The Balaban J connectivity index is 2.76. The van der Waals surface area contributed by atoms with Gasteiger partial charge in [0.05, 0.1) is 10.7 Å². The lowest BCUT2D eigenvalue weighted by atomic mass is 10.3. The van der Waals surface area contributed by atoms with Gasteiger partial charge >= 0.3 is 0 Å². The molecule has 1 aromatic rings. The summed E-state index contributed by atoms with van der Waals surface area (Å²) in [6.07, 6.45) is 1.83. The van der Waals surface area contributed by atoms with Crippen LogP contribution < -0.4 is 5.73 Å². The number of halogens is 1. The van der Waals surface area contributed by atoms with Crippen molar-refractivity contribution in [3.8, 4) is 5.75 Å². The van der Waals surface area contributed by atoms with Crippen molar-refractivity contribution in [1.82, 2.24) is 0 Å². The van der Waals surface area contributed by atoms with Crippen molar-refractivity contribution < 1.29 is 5.11 Å². The molecule has 0 aromatic heterocycles. The molecule has 1 aromatic carbocycles. The average Bonchev–Trinajstić information content (AvgIpc) is 2.30. The Morgan fingerprint density at radius 1 is 1.59 bits per heavy atom. The summed E-state index contributed by atoms with van der Waals surface area (Å²) >= 11 is 11.1. The summed E-state index contributed by atoms with van der Waals surface area (Å²) in [5.74, 6) is -0.00483. The first-order valence-corrected chi connectivity index (χ1v) is 6.59. The van der Waals surface area contributed by atoms with Gasteiger partial charge in [-0.05, 0) is 24.5 Å². The van der Waals surface area contributed by atoms with Gasteiger partial charge in [0.25, 0.3) is 0 Å². The van der Waals surface area contributed by atoms with Gasteiger partial charge < -0.3 is 10.8 Å². The number of thiol groups is 1. The highest BCUT2D eigenvalue weighted by Crippen LogP contribution is 2.27. The van der Waals surface area contributed by atoms with Crippen LogP contribution in [0.1, 0.15) is 0 Å². The zero-order valence-electron chi connectivity index (χ0n) is 8.91. The minimum Gasteiger partial charge on any atom is -0.506 e. The Morgan fingerprint density at radius 3 is 2.88 bits per heavy atom. The van der Waals surface area contributed by atoms with E-state index >= 15 is 0 Å². The predicted octanol–water partition coefficient (Wildman–Crippen LogP) is 3.02. The maximum Gasteiger partial charge on any atom is 0.203 e. The third-order valence-corrected chi connectivity index (χ3v) is 2.77. The summed E-state index contributed by atoms with van der Waals surface area (Å²) in [6, 6.07) is 4.48. The van der Waals surface area contributed by atoms with Crippen LogP contribution in [0.2, 0.25) is 5.02 Å². The third-order valence-electron chi connectivity index (χ3n) is 1.67. The zero-order valence-corrected chi connectivity index (χ0v) is 11.4. The first kappa shape index (κ1) is 14.3. The Kier molecular flexibility index (Phi) is 5.76. The molecule has 0 aliphatic heterocycles. The van der Waals surface area contributed by atoms with Gasteiger partial charge in [-0.15, -0.1) is 34.6 Å². The summed E-state index contributed by atoms with van der Waals surface area (Å²) in [5.41, 5.74) is 5.64. The minimum absolute atomic E-state index is 0.00483. The van der Waals surface area contributed by atoms with Gasteiger partial charge in [-0.3, -0.25) is 0 Å². The number of azo groups is 1. The molecule has 0 aliphatic carbocycles. The number of benzene rings is 1. The fraction of sp³-hybridized carbons (Fsp3) is 0.222. The van der Waals surface area contributed by atoms with Crippen molar-refractivity contribution in [3.05, 3.63) is 23.2 Å². The topological polar surface area (TPSA) is 83.3 Å². The number of phenolic OH excluding ortho intramolecular Hbond substituents is 1. The van der Waals surface area contributed by atoms with E-state index in [1.165, 1.54) is 23.9 Å². The lowest BCUT2D eigenvalue weighted by molar-refractivity contribution is 0.475. The van der Waals surface area contributed by atoms with E-state index in [2.05, 4.69) is 27.8 Å². The quantitative estimate of drug-likeness (QED) is 0.263. The number of hydrogen-bond acceptors (Lipinski definition) is 5. The lowest BCUT2D eigenvalue weighted by Gasteiger charge is -2.00. The first-order valence-electron chi connectivity index (χ1n) is 4.48. The van der Waals surface area contributed by atoms with E-state index in [0.29, 0.717) is 5.69 Å².